The Labute approximate surface area is 94.4 Å². The van der Waals surface area contributed by atoms with Gasteiger partial charge in [-0.1, -0.05) is 13.8 Å². The molecule has 88 valence electrons. The van der Waals surface area contributed by atoms with Gasteiger partial charge in [0.2, 0.25) is 0 Å². The summed E-state index contributed by atoms with van der Waals surface area (Å²) in [5, 5.41) is 3.52. The summed E-state index contributed by atoms with van der Waals surface area (Å²) in [4.78, 5) is 2.70. The molecule has 2 aliphatic rings. The normalized spacial score (nSPS) is 21.6. The molecule has 2 fully saturated rings. The van der Waals surface area contributed by atoms with Gasteiger partial charge in [0.1, 0.15) is 0 Å². The Bertz CT molecular complexity index is 169. The summed E-state index contributed by atoms with van der Waals surface area (Å²) in [7, 11) is 0. The SMILES string of the molecule is CC(C)NCCN(CC1CC1)CC1CC1. The fraction of sp³-hybridized carbons (Fsp3) is 1.00. The van der Waals surface area contributed by atoms with Crippen LogP contribution in [0.3, 0.4) is 0 Å². The molecule has 0 aromatic rings. The van der Waals surface area contributed by atoms with Gasteiger partial charge in [0.25, 0.3) is 0 Å². The highest BCUT2D eigenvalue weighted by molar-refractivity contribution is 4.82. The summed E-state index contributed by atoms with van der Waals surface area (Å²) in [5.41, 5.74) is 0. The molecular weight excluding hydrogens is 184 g/mol. The van der Waals surface area contributed by atoms with Crippen LogP contribution in [0.4, 0.5) is 0 Å². The molecule has 2 saturated carbocycles. The van der Waals surface area contributed by atoms with Crippen LogP contribution in [0.15, 0.2) is 0 Å². The van der Waals surface area contributed by atoms with E-state index in [1.165, 1.54) is 45.3 Å². The highest BCUT2D eigenvalue weighted by Gasteiger charge is 2.28. The fourth-order valence-corrected chi connectivity index (χ4v) is 2.10. The van der Waals surface area contributed by atoms with E-state index in [0.29, 0.717) is 6.04 Å². The minimum atomic E-state index is 0.633. The maximum atomic E-state index is 3.52. The van der Waals surface area contributed by atoms with Gasteiger partial charge in [-0.3, -0.25) is 0 Å². The molecule has 0 aromatic heterocycles. The lowest BCUT2D eigenvalue weighted by Crippen LogP contribution is -2.37. The Morgan fingerprint density at radius 2 is 1.60 bits per heavy atom. The second-order valence-corrected chi connectivity index (χ2v) is 5.76. The molecule has 0 saturated heterocycles. The van der Waals surface area contributed by atoms with Gasteiger partial charge < -0.3 is 10.2 Å². The van der Waals surface area contributed by atoms with E-state index >= 15 is 0 Å². The Balaban J connectivity index is 1.61. The van der Waals surface area contributed by atoms with Crippen molar-refractivity contribution in [1.82, 2.24) is 10.2 Å². The number of hydrogen-bond acceptors (Lipinski definition) is 2. The van der Waals surface area contributed by atoms with Gasteiger partial charge in [0, 0.05) is 32.2 Å². The second kappa shape index (κ2) is 5.31. The molecular formula is C13H26N2. The van der Waals surface area contributed by atoms with E-state index in [1.807, 2.05) is 0 Å². The number of hydrogen-bond donors (Lipinski definition) is 1. The average Bonchev–Trinajstić information content (AvgIpc) is 2.97. The Hall–Kier alpha value is -0.0800. The van der Waals surface area contributed by atoms with Crippen LogP contribution in [0.1, 0.15) is 39.5 Å². The predicted octanol–water partition coefficient (Wildman–Crippen LogP) is 2.11. The van der Waals surface area contributed by atoms with Crippen LogP contribution in [0.25, 0.3) is 0 Å². The number of rotatable bonds is 8. The van der Waals surface area contributed by atoms with E-state index in [2.05, 4.69) is 24.1 Å². The second-order valence-electron chi connectivity index (χ2n) is 5.76. The maximum Gasteiger partial charge on any atom is 0.0107 e. The van der Waals surface area contributed by atoms with Gasteiger partial charge in [0.15, 0.2) is 0 Å². The highest BCUT2D eigenvalue weighted by Crippen LogP contribution is 2.33. The quantitative estimate of drug-likeness (QED) is 0.660. The molecule has 1 N–H and O–H groups in total. The first-order valence-corrected chi connectivity index (χ1v) is 6.70. The third-order valence-corrected chi connectivity index (χ3v) is 3.41. The van der Waals surface area contributed by atoms with Gasteiger partial charge in [-0.15, -0.1) is 0 Å². The van der Waals surface area contributed by atoms with Crippen molar-refractivity contribution in [2.24, 2.45) is 11.8 Å². The van der Waals surface area contributed by atoms with E-state index in [4.69, 9.17) is 0 Å². The van der Waals surface area contributed by atoms with E-state index in [-0.39, 0.29) is 0 Å². The summed E-state index contributed by atoms with van der Waals surface area (Å²) in [6, 6.07) is 0.633. The topological polar surface area (TPSA) is 15.3 Å². The molecule has 0 heterocycles. The van der Waals surface area contributed by atoms with Crippen LogP contribution >= 0.6 is 0 Å². The summed E-state index contributed by atoms with van der Waals surface area (Å²) in [5.74, 6) is 2.09. The maximum absolute atomic E-state index is 3.52. The van der Waals surface area contributed by atoms with E-state index in [0.717, 1.165) is 18.4 Å². The van der Waals surface area contributed by atoms with Crippen molar-refractivity contribution in [3.8, 4) is 0 Å². The summed E-state index contributed by atoms with van der Waals surface area (Å²) in [6.07, 6.45) is 5.94. The monoisotopic (exact) mass is 210 g/mol. The summed E-state index contributed by atoms with van der Waals surface area (Å²) < 4.78 is 0. The first-order chi connectivity index (χ1) is 7.24. The predicted molar refractivity (Wildman–Crippen MR) is 65.0 cm³/mol. The molecule has 0 bridgehead atoms. The zero-order chi connectivity index (χ0) is 10.7. The molecule has 0 unspecified atom stereocenters. The summed E-state index contributed by atoms with van der Waals surface area (Å²) >= 11 is 0. The van der Waals surface area contributed by atoms with E-state index < -0.39 is 0 Å². The molecule has 0 atom stereocenters. The zero-order valence-corrected chi connectivity index (χ0v) is 10.3. The minimum Gasteiger partial charge on any atom is -0.313 e. The number of nitrogens with one attached hydrogen (secondary N) is 1. The Kier molecular flexibility index (Phi) is 4.04. The Morgan fingerprint density at radius 3 is 2.00 bits per heavy atom. The zero-order valence-electron chi connectivity index (χ0n) is 10.3. The molecule has 0 spiro atoms. The molecule has 2 aliphatic carbocycles. The highest BCUT2D eigenvalue weighted by atomic mass is 15.1. The molecule has 0 amide bonds. The molecule has 0 radical (unpaired) electrons. The smallest absolute Gasteiger partial charge is 0.0107 e. The van der Waals surface area contributed by atoms with Crippen molar-refractivity contribution in [2.45, 2.75) is 45.6 Å². The largest absolute Gasteiger partial charge is 0.313 e. The van der Waals surface area contributed by atoms with E-state index in [9.17, 15) is 0 Å². The first-order valence-electron chi connectivity index (χ1n) is 6.70. The van der Waals surface area contributed by atoms with Crippen molar-refractivity contribution in [3.63, 3.8) is 0 Å². The van der Waals surface area contributed by atoms with Crippen LogP contribution in [0.5, 0.6) is 0 Å². The molecule has 2 rings (SSSR count). The van der Waals surface area contributed by atoms with Crippen LogP contribution < -0.4 is 5.32 Å². The molecule has 15 heavy (non-hydrogen) atoms. The third kappa shape index (κ3) is 4.98. The van der Waals surface area contributed by atoms with Gasteiger partial charge >= 0.3 is 0 Å². The Morgan fingerprint density at radius 1 is 1.07 bits per heavy atom. The van der Waals surface area contributed by atoms with Crippen molar-refractivity contribution in [3.05, 3.63) is 0 Å². The minimum absolute atomic E-state index is 0.633. The summed E-state index contributed by atoms with van der Waals surface area (Å²) in [6.45, 7) is 9.62. The lowest BCUT2D eigenvalue weighted by molar-refractivity contribution is 0.250. The van der Waals surface area contributed by atoms with Gasteiger partial charge in [-0.2, -0.15) is 0 Å². The van der Waals surface area contributed by atoms with Gasteiger partial charge in [-0.25, -0.2) is 0 Å². The van der Waals surface area contributed by atoms with Gasteiger partial charge in [-0.05, 0) is 37.5 Å². The van der Waals surface area contributed by atoms with Crippen LogP contribution in [-0.2, 0) is 0 Å². The van der Waals surface area contributed by atoms with Crippen molar-refractivity contribution < 1.29 is 0 Å². The van der Waals surface area contributed by atoms with Crippen molar-refractivity contribution >= 4 is 0 Å². The lowest BCUT2D eigenvalue weighted by atomic mass is 10.3. The molecule has 2 nitrogen and oxygen atoms in total. The van der Waals surface area contributed by atoms with Crippen LogP contribution in [0.2, 0.25) is 0 Å². The average molecular weight is 210 g/mol. The van der Waals surface area contributed by atoms with Crippen molar-refractivity contribution in [2.75, 3.05) is 26.2 Å². The lowest BCUT2D eigenvalue weighted by Gasteiger charge is -2.22. The molecule has 0 aromatic carbocycles. The first kappa shape index (κ1) is 11.4. The molecule has 2 heteroatoms. The van der Waals surface area contributed by atoms with Crippen LogP contribution in [0, 0.1) is 11.8 Å². The van der Waals surface area contributed by atoms with E-state index in [1.54, 1.807) is 0 Å². The fourth-order valence-electron chi connectivity index (χ4n) is 2.10. The van der Waals surface area contributed by atoms with Gasteiger partial charge in [0.05, 0.1) is 0 Å². The standard InChI is InChI=1S/C13H26N2/c1-11(2)14-7-8-15(9-12-3-4-12)10-13-5-6-13/h11-14H,3-10H2,1-2H3. The van der Waals surface area contributed by atoms with Crippen LogP contribution in [-0.4, -0.2) is 37.1 Å². The molecule has 0 aliphatic heterocycles. The number of nitrogens with zero attached hydrogens (tertiary/aromatic N) is 1. The van der Waals surface area contributed by atoms with Crippen molar-refractivity contribution in [1.29, 1.82) is 0 Å². The third-order valence-electron chi connectivity index (χ3n) is 3.41.